The van der Waals surface area contributed by atoms with E-state index in [1.54, 1.807) is 0 Å². The van der Waals surface area contributed by atoms with Gasteiger partial charge in [0.15, 0.2) is 0 Å². The van der Waals surface area contributed by atoms with Gasteiger partial charge in [0.05, 0.1) is 11.3 Å². The predicted molar refractivity (Wildman–Crippen MR) is 112 cm³/mol. The molecule has 2 fully saturated rings. The number of hydrogen-bond acceptors (Lipinski definition) is 3. The van der Waals surface area contributed by atoms with Crippen molar-refractivity contribution < 1.29 is 13.2 Å². The van der Waals surface area contributed by atoms with Crippen molar-refractivity contribution in [2.45, 2.75) is 76.7 Å². The van der Waals surface area contributed by atoms with Gasteiger partial charge < -0.3 is 10.3 Å². The molecule has 0 bridgehead atoms. The maximum Gasteiger partial charge on any atom is 0.416 e. The summed E-state index contributed by atoms with van der Waals surface area (Å²) in [6.07, 6.45) is 4.73. The van der Waals surface area contributed by atoms with Gasteiger partial charge in [0.25, 0.3) is 0 Å². The first-order chi connectivity index (χ1) is 14.4. The molecule has 4 rings (SSSR count). The molecule has 1 saturated carbocycles. The van der Waals surface area contributed by atoms with Crippen molar-refractivity contribution in [3.63, 3.8) is 0 Å². The summed E-state index contributed by atoms with van der Waals surface area (Å²) in [5, 5.41) is 3.87. The Bertz CT molecular complexity index is 814. The van der Waals surface area contributed by atoms with Crippen LogP contribution < -0.4 is 5.32 Å². The lowest BCUT2D eigenvalue weighted by atomic mass is 9.93. The molecule has 4 nitrogen and oxygen atoms in total. The number of rotatable bonds is 5. The Morgan fingerprint density at radius 3 is 2.27 bits per heavy atom. The van der Waals surface area contributed by atoms with Crippen molar-refractivity contribution in [3.05, 3.63) is 41.2 Å². The van der Waals surface area contributed by atoms with E-state index >= 15 is 0 Å². The number of piperidine rings is 1. The summed E-state index contributed by atoms with van der Waals surface area (Å²) in [5.41, 5.74) is 1.99. The molecule has 2 N–H and O–H groups in total. The fraction of sp³-hybridized carbons (Fsp3) is 0.609. The van der Waals surface area contributed by atoms with Crippen molar-refractivity contribution in [3.8, 4) is 11.4 Å². The van der Waals surface area contributed by atoms with E-state index in [2.05, 4.69) is 20.2 Å². The fourth-order valence-corrected chi connectivity index (χ4v) is 4.68. The van der Waals surface area contributed by atoms with Gasteiger partial charge in [-0.25, -0.2) is 4.98 Å². The maximum atomic E-state index is 12.8. The molecule has 7 heteroatoms. The van der Waals surface area contributed by atoms with E-state index in [4.69, 9.17) is 0 Å². The number of nitrogens with zero attached hydrogens (tertiary/aromatic N) is 2. The van der Waals surface area contributed by atoms with Gasteiger partial charge in [0.2, 0.25) is 0 Å². The average molecular weight is 421 g/mol. The molecule has 1 aromatic heterocycles. The minimum atomic E-state index is -4.32. The van der Waals surface area contributed by atoms with Crippen LogP contribution in [0, 0.1) is 6.92 Å². The molecule has 0 atom stereocenters. The number of hydrogen-bond donors (Lipinski definition) is 2. The molecule has 2 aromatic rings. The third-order valence-corrected chi connectivity index (χ3v) is 6.51. The first kappa shape index (κ1) is 21.4. The number of H-pyrrole nitrogens is 1. The van der Waals surface area contributed by atoms with Crippen LogP contribution in [-0.4, -0.2) is 40.0 Å². The maximum absolute atomic E-state index is 12.8. The number of aromatic nitrogens is 2. The van der Waals surface area contributed by atoms with E-state index in [9.17, 15) is 13.2 Å². The van der Waals surface area contributed by atoms with Crippen LogP contribution in [0.2, 0.25) is 0 Å². The molecule has 1 aliphatic heterocycles. The highest BCUT2D eigenvalue weighted by atomic mass is 19.4. The van der Waals surface area contributed by atoms with Gasteiger partial charge in [-0.1, -0.05) is 31.4 Å². The minimum Gasteiger partial charge on any atom is -0.342 e. The van der Waals surface area contributed by atoms with Crippen LogP contribution in [-0.2, 0) is 12.7 Å². The Kier molecular flexibility index (Phi) is 6.48. The molecule has 0 amide bonds. The highest BCUT2D eigenvalue weighted by Gasteiger charge is 2.30. The Morgan fingerprint density at radius 1 is 1.00 bits per heavy atom. The summed E-state index contributed by atoms with van der Waals surface area (Å²) in [6.45, 7) is 4.85. The van der Waals surface area contributed by atoms with Crippen LogP contribution in [0.4, 0.5) is 13.2 Å². The van der Waals surface area contributed by atoms with Crippen molar-refractivity contribution in [2.24, 2.45) is 0 Å². The van der Waals surface area contributed by atoms with E-state index in [1.807, 2.05) is 6.92 Å². The van der Waals surface area contributed by atoms with Gasteiger partial charge in [0.1, 0.15) is 5.82 Å². The Labute approximate surface area is 176 Å². The van der Waals surface area contributed by atoms with Gasteiger partial charge in [-0.2, -0.15) is 13.2 Å². The molecule has 164 valence electrons. The van der Waals surface area contributed by atoms with Gasteiger partial charge in [-0.05, 0) is 44.7 Å². The Morgan fingerprint density at radius 2 is 1.63 bits per heavy atom. The zero-order valence-electron chi connectivity index (χ0n) is 17.6. The normalized spacial score (nSPS) is 20.0. The summed E-state index contributed by atoms with van der Waals surface area (Å²) >= 11 is 0. The highest BCUT2D eigenvalue weighted by molar-refractivity contribution is 5.56. The average Bonchev–Trinajstić information content (AvgIpc) is 3.10. The van der Waals surface area contributed by atoms with Gasteiger partial charge >= 0.3 is 6.18 Å². The number of benzene rings is 1. The second kappa shape index (κ2) is 9.10. The topological polar surface area (TPSA) is 44.0 Å². The lowest BCUT2D eigenvalue weighted by molar-refractivity contribution is -0.137. The van der Waals surface area contributed by atoms with Gasteiger partial charge in [0, 0.05) is 43.0 Å². The third-order valence-electron chi connectivity index (χ3n) is 6.51. The standard InChI is InChI=1S/C23H31F3N4/c1-16-21(29-22(27-16)17-7-9-18(10-8-17)23(24,25)26)15-30-13-11-20(12-14-30)28-19-5-3-2-4-6-19/h7-10,19-20,28H,2-6,11-15H2,1H3,(H,27,29). The minimum absolute atomic E-state index is 0.618. The predicted octanol–water partition coefficient (Wildman–Crippen LogP) is 5.29. The summed E-state index contributed by atoms with van der Waals surface area (Å²) < 4.78 is 38.3. The van der Waals surface area contributed by atoms with Crippen LogP contribution in [0.15, 0.2) is 24.3 Å². The molecule has 2 heterocycles. The Hall–Kier alpha value is -1.86. The second-order valence-corrected chi connectivity index (χ2v) is 8.78. The molecule has 1 aliphatic carbocycles. The van der Waals surface area contributed by atoms with Crippen molar-refractivity contribution >= 4 is 0 Å². The molecule has 1 saturated heterocycles. The third kappa shape index (κ3) is 5.24. The molecular formula is C23H31F3N4. The highest BCUT2D eigenvalue weighted by Crippen LogP contribution is 2.31. The quantitative estimate of drug-likeness (QED) is 0.691. The summed E-state index contributed by atoms with van der Waals surface area (Å²) in [4.78, 5) is 10.4. The number of alkyl halides is 3. The zero-order chi connectivity index (χ0) is 21.1. The Balaban J connectivity index is 1.32. The summed E-state index contributed by atoms with van der Waals surface area (Å²) in [6, 6.07) is 6.50. The first-order valence-electron chi connectivity index (χ1n) is 11.1. The van der Waals surface area contributed by atoms with E-state index in [0.29, 0.717) is 23.5 Å². The largest absolute Gasteiger partial charge is 0.416 e. The lowest BCUT2D eigenvalue weighted by Gasteiger charge is -2.35. The van der Waals surface area contributed by atoms with Gasteiger partial charge in [-0.3, -0.25) is 4.90 Å². The number of aryl methyl sites for hydroxylation is 1. The van der Waals surface area contributed by atoms with E-state index in [-0.39, 0.29) is 0 Å². The van der Waals surface area contributed by atoms with Gasteiger partial charge in [-0.15, -0.1) is 0 Å². The summed E-state index contributed by atoms with van der Waals surface area (Å²) in [5.74, 6) is 0.630. The van der Waals surface area contributed by atoms with Crippen molar-refractivity contribution in [1.82, 2.24) is 20.2 Å². The van der Waals surface area contributed by atoms with Crippen LogP contribution in [0.5, 0.6) is 0 Å². The SMILES string of the molecule is Cc1[nH]c(-c2ccc(C(F)(F)F)cc2)nc1CN1CCC(NC2CCCCC2)CC1. The number of likely N-dealkylation sites (tertiary alicyclic amines) is 1. The van der Waals surface area contributed by atoms with Crippen LogP contribution in [0.25, 0.3) is 11.4 Å². The second-order valence-electron chi connectivity index (χ2n) is 8.78. The molecule has 2 aliphatic rings. The fourth-order valence-electron chi connectivity index (χ4n) is 4.68. The first-order valence-corrected chi connectivity index (χ1v) is 11.1. The lowest BCUT2D eigenvalue weighted by Crippen LogP contribution is -2.46. The molecule has 0 radical (unpaired) electrons. The zero-order valence-corrected chi connectivity index (χ0v) is 17.6. The van der Waals surface area contributed by atoms with E-state index in [0.717, 1.165) is 56.0 Å². The van der Waals surface area contributed by atoms with Crippen LogP contribution in [0.3, 0.4) is 0 Å². The smallest absolute Gasteiger partial charge is 0.342 e. The van der Waals surface area contributed by atoms with Crippen LogP contribution >= 0.6 is 0 Å². The van der Waals surface area contributed by atoms with Crippen molar-refractivity contribution in [2.75, 3.05) is 13.1 Å². The van der Waals surface area contributed by atoms with E-state index < -0.39 is 11.7 Å². The van der Waals surface area contributed by atoms with E-state index in [1.165, 1.54) is 44.2 Å². The molecule has 0 unspecified atom stereocenters. The summed E-state index contributed by atoms with van der Waals surface area (Å²) in [7, 11) is 0. The monoisotopic (exact) mass is 420 g/mol. The molecule has 0 spiro atoms. The van der Waals surface area contributed by atoms with Crippen LogP contribution in [0.1, 0.15) is 61.9 Å². The molecular weight excluding hydrogens is 389 g/mol. The number of aromatic amines is 1. The van der Waals surface area contributed by atoms with Crippen molar-refractivity contribution in [1.29, 1.82) is 0 Å². The number of imidazole rings is 1. The molecule has 30 heavy (non-hydrogen) atoms. The number of nitrogens with one attached hydrogen (secondary N) is 2. The molecule has 1 aromatic carbocycles. The number of halogens is 3.